The summed E-state index contributed by atoms with van der Waals surface area (Å²) in [5.41, 5.74) is 2.92. The fourth-order valence-electron chi connectivity index (χ4n) is 2.21. The zero-order chi connectivity index (χ0) is 9.97. The first kappa shape index (κ1) is 10.2. The molecule has 0 unspecified atom stereocenters. The third-order valence-electron chi connectivity index (χ3n) is 2.97. The van der Waals surface area contributed by atoms with E-state index in [1.807, 2.05) is 0 Å². The second-order valence-electron chi connectivity index (χ2n) is 4.04. The van der Waals surface area contributed by atoms with Gasteiger partial charge in [-0.05, 0) is 55.5 Å². The summed E-state index contributed by atoms with van der Waals surface area (Å²) in [5, 5.41) is 3.46. The number of benzene rings is 1. The maximum atomic E-state index is 3.50. The van der Waals surface area contributed by atoms with Gasteiger partial charge < -0.3 is 5.32 Å². The standard InChI is InChI=1S/C12H16BrN/c1-9-7-11(13)4-5-12(9)10-3-2-6-14-8-10/h4-5,7,10,14H,2-3,6,8H2,1H3/t10-/m1/s1. The van der Waals surface area contributed by atoms with Gasteiger partial charge in [0.25, 0.3) is 0 Å². The number of hydrogen-bond acceptors (Lipinski definition) is 1. The highest BCUT2D eigenvalue weighted by Gasteiger charge is 2.16. The molecule has 14 heavy (non-hydrogen) atoms. The highest BCUT2D eigenvalue weighted by atomic mass is 79.9. The molecule has 76 valence electrons. The largest absolute Gasteiger partial charge is 0.316 e. The van der Waals surface area contributed by atoms with Gasteiger partial charge >= 0.3 is 0 Å². The van der Waals surface area contributed by atoms with Crippen LogP contribution in [0.5, 0.6) is 0 Å². The molecule has 1 heterocycles. The van der Waals surface area contributed by atoms with E-state index >= 15 is 0 Å². The minimum absolute atomic E-state index is 0.719. The van der Waals surface area contributed by atoms with Gasteiger partial charge in [-0.15, -0.1) is 0 Å². The van der Waals surface area contributed by atoms with Crippen molar-refractivity contribution in [2.45, 2.75) is 25.7 Å². The molecule has 1 saturated heterocycles. The zero-order valence-electron chi connectivity index (χ0n) is 8.52. The van der Waals surface area contributed by atoms with Crippen molar-refractivity contribution in [1.82, 2.24) is 5.32 Å². The van der Waals surface area contributed by atoms with E-state index in [2.05, 4.69) is 46.4 Å². The van der Waals surface area contributed by atoms with Gasteiger partial charge in [-0.3, -0.25) is 0 Å². The first-order chi connectivity index (χ1) is 6.77. The Morgan fingerprint density at radius 1 is 1.43 bits per heavy atom. The van der Waals surface area contributed by atoms with Crippen molar-refractivity contribution in [3.63, 3.8) is 0 Å². The van der Waals surface area contributed by atoms with Crippen LogP contribution in [0.2, 0.25) is 0 Å². The van der Waals surface area contributed by atoms with E-state index in [9.17, 15) is 0 Å². The summed E-state index contributed by atoms with van der Waals surface area (Å²) in [4.78, 5) is 0. The fourth-order valence-corrected chi connectivity index (χ4v) is 2.69. The van der Waals surface area contributed by atoms with Crippen LogP contribution in [0.25, 0.3) is 0 Å². The maximum absolute atomic E-state index is 3.50. The van der Waals surface area contributed by atoms with Crippen LogP contribution in [-0.2, 0) is 0 Å². The molecule has 1 aliphatic rings. The lowest BCUT2D eigenvalue weighted by Gasteiger charge is -2.24. The van der Waals surface area contributed by atoms with E-state index in [0.717, 1.165) is 12.5 Å². The molecule has 1 nitrogen and oxygen atoms in total. The summed E-state index contributed by atoms with van der Waals surface area (Å²) < 4.78 is 1.18. The number of hydrogen-bond donors (Lipinski definition) is 1. The Morgan fingerprint density at radius 2 is 2.29 bits per heavy atom. The lowest BCUT2D eigenvalue weighted by atomic mass is 9.89. The second kappa shape index (κ2) is 4.45. The Morgan fingerprint density at radius 3 is 2.93 bits per heavy atom. The quantitative estimate of drug-likeness (QED) is 0.811. The summed E-state index contributed by atoms with van der Waals surface area (Å²) in [5.74, 6) is 0.719. The van der Waals surface area contributed by atoms with E-state index in [-0.39, 0.29) is 0 Å². The summed E-state index contributed by atoms with van der Waals surface area (Å²) in [6.07, 6.45) is 2.63. The Labute approximate surface area is 94.0 Å². The molecule has 1 atom stereocenters. The predicted molar refractivity (Wildman–Crippen MR) is 63.7 cm³/mol. The van der Waals surface area contributed by atoms with Gasteiger partial charge in [0, 0.05) is 11.0 Å². The van der Waals surface area contributed by atoms with Gasteiger partial charge in [0.05, 0.1) is 0 Å². The number of nitrogens with one attached hydrogen (secondary N) is 1. The lowest BCUT2D eigenvalue weighted by molar-refractivity contribution is 0.460. The van der Waals surface area contributed by atoms with Crippen LogP contribution in [-0.4, -0.2) is 13.1 Å². The van der Waals surface area contributed by atoms with Crippen LogP contribution in [0.15, 0.2) is 22.7 Å². The Hall–Kier alpha value is -0.340. The monoisotopic (exact) mass is 253 g/mol. The third-order valence-corrected chi connectivity index (χ3v) is 3.46. The van der Waals surface area contributed by atoms with E-state index in [1.54, 1.807) is 0 Å². The molecular formula is C12H16BrN. The maximum Gasteiger partial charge on any atom is 0.0178 e. The van der Waals surface area contributed by atoms with Crippen LogP contribution in [0.1, 0.15) is 29.9 Å². The van der Waals surface area contributed by atoms with Gasteiger partial charge in [-0.25, -0.2) is 0 Å². The van der Waals surface area contributed by atoms with Gasteiger partial charge in [0.1, 0.15) is 0 Å². The molecule has 0 bridgehead atoms. The van der Waals surface area contributed by atoms with Gasteiger partial charge in [0.15, 0.2) is 0 Å². The number of rotatable bonds is 1. The topological polar surface area (TPSA) is 12.0 Å². The minimum atomic E-state index is 0.719. The molecule has 0 radical (unpaired) electrons. The first-order valence-corrected chi connectivity index (χ1v) is 6.03. The van der Waals surface area contributed by atoms with Crippen LogP contribution in [0.3, 0.4) is 0 Å². The molecule has 0 amide bonds. The molecule has 0 aliphatic carbocycles. The Kier molecular flexibility index (Phi) is 3.24. The van der Waals surface area contributed by atoms with E-state index in [1.165, 1.54) is 35.0 Å². The summed E-state index contributed by atoms with van der Waals surface area (Å²) >= 11 is 3.50. The normalized spacial score (nSPS) is 22.3. The minimum Gasteiger partial charge on any atom is -0.316 e. The highest BCUT2D eigenvalue weighted by molar-refractivity contribution is 9.10. The van der Waals surface area contributed by atoms with Crippen LogP contribution >= 0.6 is 15.9 Å². The average molecular weight is 254 g/mol. The summed E-state index contributed by atoms with van der Waals surface area (Å²) in [7, 11) is 0. The number of aryl methyl sites for hydroxylation is 1. The van der Waals surface area contributed by atoms with Crippen molar-refractivity contribution in [2.24, 2.45) is 0 Å². The molecule has 1 aromatic rings. The zero-order valence-corrected chi connectivity index (χ0v) is 10.1. The molecular weight excluding hydrogens is 238 g/mol. The number of halogens is 1. The van der Waals surface area contributed by atoms with Crippen LogP contribution in [0.4, 0.5) is 0 Å². The van der Waals surface area contributed by atoms with Gasteiger partial charge in [0.2, 0.25) is 0 Å². The van der Waals surface area contributed by atoms with E-state index < -0.39 is 0 Å². The summed E-state index contributed by atoms with van der Waals surface area (Å²) in [6, 6.07) is 6.62. The molecule has 2 heteroatoms. The highest BCUT2D eigenvalue weighted by Crippen LogP contribution is 2.27. The molecule has 1 fully saturated rings. The molecule has 1 N–H and O–H groups in total. The van der Waals surface area contributed by atoms with Gasteiger partial charge in [-0.2, -0.15) is 0 Å². The SMILES string of the molecule is Cc1cc(Br)ccc1[C@@H]1CCCNC1. The van der Waals surface area contributed by atoms with Crippen molar-refractivity contribution in [3.05, 3.63) is 33.8 Å². The molecule has 1 aliphatic heterocycles. The third kappa shape index (κ3) is 2.18. The van der Waals surface area contributed by atoms with E-state index in [0.29, 0.717) is 0 Å². The second-order valence-corrected chi connectivity index (χ2v) is 4.96. The fraction of sp³-hybridized carbons (Fsp3) is 0.500. The Balaban J connectivity index is 2.22. The number of piperidine rings is 1. The van der Waals surface area contributed by atoms with Crippen molar-refractivity contribution >= 4 is 15.9 Å². The predicted octanol–water partition coefficient (Wildman–Crippen LogP) is 3.22. The molecule has 0 saturated carbocycles. The van der Waals surface area contributed by atoms with Gasteiger partial charge in [-0.1, -0.05) is 22.0 Å². The van der Waals surface area contributed by atoms with Crippen LogP contribution < -0.4 is 5.32 Å². The molecule has 0 spiro atoms. The molecule has 1 aromatic carbocycles. The van der Waals surface area contributed by atoms with Crippen molar-refractivity contribution in [3.8, 4) is 0 Å². The van der Waals surface area contributed by atoms with Crippen molar-refractivity contribution in [1.29, 1.82) is 0 Å². The molecule has 2 rings (SSSR count). The van der Waals surface area contributed by atoms with Crippen molar-refractivity contribution < 1.29 is 0 Å². The molecule has 0 aromatic heterocycles. The average Bonchev–Trinajstić information content (AvgIpc) is 2.19. The van der Waals surface area contributed by atoms with Crippen LogP contribution in [0, 0.1) is 6.92 Å². The van der Waals surface area contributed by atoms with Crippen molar-refractivity contribution in [2.75, 3.05) is 13.1 Å². The lowest BCUT2D eigenvalue weighted by Crippen LogP contribution is -2.28. The Bertz CT molecular complexity index is 316. The van der Waals surface area contributed by atoms with E-state index in [4.69, 9.17) is 0 Å². The first-order valence-electron chi connectivity index (χ1n) is 5.24. The summed E-state index contributed by atoms with van der Waals surface area (Å²) in [6.45, 7) is 4.53. The smallest absolute Gasteiger partial charge is 0.0178 e.